The largest absolute Gasteiger partial charge is 0.337 e. The van der Waals surface area contributed by atoms with Gasteiger partial charge in [-0.05, 0) is 19.3 Å². The van der Waals surface area contributed by atoms with E-state index in [9.17, 15) is 4.79 Å². The summed E-state index contributed by atoms with van der Waals surface area (Å²) in [6.07, 6.45) is 3.21. The fourth-order valence-electron chi connectivity index (χ4n) is 1.57. The van der Waals surface area contributed by atoms with Crippen molar-refractivity contribution in [1.29, 1.82) is 0 Å². The van der Waals surface area contributed by atoms with Crippen LogP contribution in [0, 0.1) is 0 Å². The molecule has 1 aromatic heterocycles. The maximum atomic E-state index is 11.8. The molecule has 1 aliphatic heterocycles. The topological polar surface area (TPSA) is 44.1 Å². The summed E-state index contributed by atoms with van der Waals surface area (Å²) in [6.45, 7) is 0. The average Bonchev–Trinajstić information content (AvgIpc) is 2.26. The number of alkyl halides is 1. The minimum absolute atomic E-state index is 0.0445. The van der Waals surface area contributed by atoms with Gasteiger partial charge < -0.3 is 4.74 Å². The normalized spacial score (nSPS) is 25.7. The molecule has 2 heterocycles. The number of hydrogen-bond donors (Lipinski definition) is 0. The van der Waals surface area contributed by atoms with Gasteiger partial charge in [-0.15, -0.1) is 0 Å². The van der Waals surface area contributed by atoms with Gasteiger partial charge in [-0.1, -0.05) is 34.8 Å². The van der Waals surface area contributed by atoms with E-state index >= 15 is 0 Å². The summed E-state index contributed by atoms with van der Waals surface area (Å²) in [7, 11) is 0. The Kier molecular flexibility index (Phi) is 3.74. The third-order valence-electron chi connectivity index (χ3n) is 2.36. The first kappa shape index (κ1) is 12.2. The number of aromatic nitrogens is 2. The smallest absolute Gasteiger partial charge is 0.289 e. The number of rotatable bonds is 1. The Hall–Kier alpha value is -0.290. The van der Waals surface area contributed by atoms with Crippen molar-refractivity contribution < 1.29 is 4.74 Å². The van der Waals surface area contributed by atoms with Crippen LogP contribution in [0.2, 0.25) is 10.0 Å². The molecule has 4 nitrogen and oxygen atoms in total. The molecular formula is C9H9Cl3N2O2. The molecule has 2 rings (SSSR count). The first-order valence-electron chi connectivity index (χ1n) is 4.82. The van der Waals surface area contributed by atoms with Crippen molar-refractivity contribution in [3.63, 3.8) is 0 Å². The van der Waals surface area contributed by atoms with Crippen LogP contribution >= 0.6 is 34.8 Å². The van der Waals surface area contributed by atoms with E-state index in [1.165, 1.54) is 10.9 Å². The first-order valence-corrected chi connectivity index (χ1v) is 6.01. The number of ether oxygens (including phenoxy) is 1. The van der Waals surface area contributed by atoms with Crippen molar-refractivity contribution in [3.8, 4) is 0 Å². The molecular weight excluding hydrogens is 274 g/mol. The summed E-state index contributed by atoms with van der Waals surface area (Å²) >= 11 is 17.3. The van der Waals surface area contributed by atoms with Crippen LogP contribution in [0.3, 0.4) is 0 Å². The van der Waals surface area contributed by atoms with Crippen LogP contribution in [0.15, 0.2) is 11.0 Å². The predicted molar refractivity (Wildman–Crippen MR) is 62.1 cm³/mol. The standard InChI is InChI=1S/C9H9Cl3N2O2/c10-5-4-13-14(9(15)8(5)12)7-3-1-2-6(11)16-7/h4,6-7H,1-3H2. The van der Waals surface area contributed by atoms with Crippen molar-refractivity contribution in [2.24, 2.45) is 0 Å². The van der Waals surface area contributed by atoms with Crippen LogP contribution in [0.4, 0.5) is 0 Å². The van der Waals surface area contributed by atoms with Gasteiger partial charge in [-0.25, -0.2) is 0 Å². The second-order valence-electron chi connectivity index (χ2n) is 3.49. The molecule has 1 aromatic rings. The number of hydrogen-bond acceptors (Lipinski definition) is 3. The zero-order valence-corrected chi connectivity index (χ0v) is 10.5. The Bertz CT molecular complexity index is 449. The fraction of sp³-hybridized carbons (Fsp3) is 0.556. The van der Waals surface area contributed by atoms with Gasteiger partial charge in [0.2, 0.25) is 0 Å². The van der Waals surface area contributed by atoms with E-state index in [2.05, 4.69) is 5.10 Å². The molecule has 0 spiro atoms. The van der Waals surface area contributed by atoms with Crippen LogP contribution in [0.1, 0.15) is 25.5 Å². The lowest BCUT2D eigenvalue weighted by atomic mass is 10.2. The van der Waals surface area contributed by atoms with Gasteiger partial charge in [-0.2, -0.15) is 9.78 Å². The fourth-order valence-corrected chi connectivity index (χ4v) is 2.10. The Balaban J connectivity index is 2.33. The van der Waals surface area contributed by atoms with Gasteiger partial charge in [0.15, 0.2) is 6.23 Å². The summed E-state index contributed by atoms with van der Waals surface area (Å²) in [4.78, 5) is 11.8. The minimum atomic E-state index is -0.460. The quantitative estimate of drug-likeness (QED) is 0.744. The molecule has 0 N–H and O–H groups in total. The Morgan fingerprint density at radius 1 is 1.44 bits per heavy atom. The monoisotopic (exact) mass is 282 g/mol. The highest BCUT2D eigenvalue weighted by Gasteiger charge is 2.24. The van der Waals surface area contributed by atoms with Crippen molar-refractivity contribution in [1.82, 2.24) is 9.78 Å². The maximum absolute atomic E-state index is 11.8. The number of nitrogens with zero attached hydrogens (tertiary/aromatic N) is 2. The second kappa shape index (κ2) is 4.92. The molecule has 0 radical (unpaired) electrons. The van der Waals surface area contributed by atoms with E-state index in [1.54, 1.807) is 0 Å². The molecule has 0 aromatic carbocycles. The molecule has 2 atom stereocenters. The van der Waals surface area contributed by atoms with E-state index < -0.39 is 11.8 Å². The van der Waals surface area contributed by atoms with Gasteiger partial charge in [0.25, 0.3) is 5.56 Å². The van der Waals surface area contributed by atoms with Crippen molar-refractivity contribution >= 4 is 34.8 Å². The highest BCUT2D eigenvalue weighted by Crippen LogP contribution is 2.27. The molecule has 1 aliphatic rings. The zero-order chi connectivity index (χ0) is 11.7. The van der Waals surface area contributed by atoms with Gasteiger partial charge in [0.1, 0.15) is 10.6 Å². The summed E-state index contributed by atoms with van der Waals surface area (Å²) < 4.78 is 6.60. The molecule has 1 saturated heterocycles. The van der Waals surface area contributed by atoms with Gasteiger partial charge in [0, 0.05) is 0 Å². The van der Waals surface area contributed by atoms with Gasteiger partial charge in [0.05, 0.1) is 11.2 Å². The lowest BCUT2D eigenvalue weighted by molar-refractivity contribution is -0.0624. The maximum Gasteiger partial charge on any atom is 0.289 e. The molecule has 0 amide bonds. The Morgan fingerprint density at radius 2 is 2.19 bits per heavy atom. The van der Waals surface area contributed by atoms with Crippen LogP contribution in [0.5, 0.6) is 0 Å². The van der Waals surface area contributed by atoms with Crippen molar-refractivity contribution in [2.45, 2.75) is 31.1 Å². The number of halogens is 3. The lowest BCUT2D eigenvalue weighted by Gasteiger charge is -2.26. The van der Waals surface area contributed by atoms with E-state index in [1.807, 2.05) is 0 Å². The van der Waals surface area contributed by atoms with E-state index in [4.69, 9.17) is 39.5 Å². The third-order valence-corrected chi connectivity index (χ3v) is 3.43. The molecule has 1 fully saturated rings. The summed E-state index contributed by atoms with van der Waals surface area (Å²) in [5.74, 6) is 0. The highest BCUT2D eigenvalue weighted by molar-refractivity contribution is 6.41. The summed E-state index contributed by atoms with van der Waals surface area (Å²) in [5, 5.41) is 4.00. The average molecular weight is 284 g/mol. The van der Waals surface area contributed by atoms with Crippen LogP contribution in [-0.2, 0) is 4.74 Å². The van der Waals surface area contributed by atoms with E-state index in [-0.39, 0.29) is 15.6 Å². The molecule has 0 aliphatic carbocycles. The van der Waals surface area contributed by atoms with Crippen LogP contribution in [-0.4, -0.2) is 15.3 Å². The highest BCUT2D eigenvalue weighted by atomic mass is 35.5. The van der Waals surface area contributed by atoms with Gasteiger partial charge >= 0.3 is 0 Å². The molecule has 7 heteroatoms. The van der Waals surface area contributed by atoms with E-state index in [0.29, 0.717) is 6.42 Å². The van der Waals surface area contributed by atoms with Crippen molar-refractivity contribution in [3.05, 3.63) is 26.6 Å². The Labute approximate surface area is 107 Å². The lowest BCUT2D eigenvalue weighted by Crippen LogP contribution is -2.32. The molecule has 0 saturated carbocycles. The molecule has 88 valence electrons. The minimum Gasteiger partial charge on any atom is -0.337 e. The molecule has 16 heavy (non-hydrogen) atoms. The predicted octanol–water partition coefficient (Wildman–Crippen LogP) is 2.81. The second-order valence-corrected chi connectivity index (χ2v) is 4.76. The van der Waals surface area contributed by atoms with Crippen LogP contribution < -0.4 is 5.56 Å². The third kappa shape index (κ3) is 2.35. The SMILES string of the molecule is O=c1c(Cl)c(Cl)cnn1C1CCCC(Cl)O1. The zero-order valence-electron chi connectivity index (χ0n) is 8.20. The van der Waals surface area contributed by atoms with Gasteiger partial charge in [-0.3, -0.25) is 4.79 Å². The summed E-state index contributed by atoms with van der Waals surface area (Å²) in [6, 6.07) is 0. The first-order chi connectivity index (χ1) is 7.59. The Morgan fingerprint density at radius 3 is 2.88 bits per heavy atom. The molecule has 2 unspecified atom stereocenters. The van der Waals surface area contributed by atoms with Crippen molar-refractivity contribution in [2.75, 3.05) is 0 Å². The summed E-state index contributed by atoms with van der Waals surface area (Å²) in [5.41, 5.74) is -0.841. The molecule has 0 bridgehead atoms. The van der Waals surface area contributed by atoms with E-state index in [0.717, 1.165) is 12.8 Å². The van der Waals surface area contributed by atoms with Crippen LogP contribution in [0.25, 0.3) is 0 Å².